The Kier molecular flexibility index (Phi) is 5.60. The molecule has 2 amide bonds. The summed E-state index contributed by atoms with van der Waals surface area (Å²) in [5.41, 5.74) is 1.79. The molecule has 2 aliphatic carbocycles. The Morgan fingerprint density at radius 1 is 0.821 bits per heavy atom. The molecule has 0 heterocycles. The molecule has 0 saturated heterocycles. The lowest BCUT2D eigenvalue weighted by atomic mass is 9.96. The Bertz CT molecular complexity index is 837. The Labute approximate surface area is 165 Å². The van der Waals surface area contributed by atoms with E-state index in [4.69, 9.17) is 4.74 Å². The molecule has 2 aliphatic rings. The first-order chi connectivity index (χ1) is 13.7. The van der Waals surface area contributed by atoms with Crippen LogP contribution in [0, 0.1) is 0 Å². The first kappa shape index (κ1) is 18.5. The van der Waals surface area contributed by atoms with E-state index < -0.39 is 0 Å². The highest BCUT2D eigenvalue weighted by Crippen LogP contribution is 2.28. The molecule has 28 heavy (non-hydrogen) atoms. The summed E-state index contributed by atoms with van der Waals surface area (Å²) < 4.78 is 5.94. The smallest absolute Gasteiger partial charge is 0.259 e. The maximum Gasteiger partial charge on any atom is 0.259 e. The minimum atomic E-state index is -0.210. The molecule has 0 unspecified atom stereocenters. The number of para-hydroxylation sites is 1. The van der Waals surface area contributed by atoms with Crippen molar-refractivity contribution in [3.63, 3.8) is 0 Å². The number of rotatable bonds is 6. The first-order valence-corrected chi connectivity index (χ1v) is 10.2. The predicted octanol–water partition coefficient (Wildman–Crippen LogP) is 4.54. The summed E-state index contributed by atoms with van der Waals surface area (Å²) in [5, 5.41) is 5.97. The molecule has 5 nitrogen and oxygen atoms in total. The monoisotopic (exact) mass is 378 g/mol. The Morgan fingerprint density at radius 3 is 2.21 bits per heavy atom. The number of ether oxygens (including phenoxy) is 1. The van der Waals surface area contributed by atoms with Crippen molar-refractivity contribution in [2.45, 2.75) is 57.1 Å². The molecule has 0 atom stereocenters. The highest BCUT2D eigenvalue weighted by atomic mass is 16.5. The zero-order chi connectivity index (χ0) is 19.3. The first-order valence-electron chi connectivity index (χ1n) is 10.2. The van der Waals surface area contributed by atoms with Gasteiger partial charge in [-0.05, 0) is 68.5 Å². The van der Waals surface area contributed by atoms with Crippen molar-refractivity contribution in [3.05, 3.63) is 59.7 Å². The summed E-state index contributed by atoms with van der Waals surface area (Å²) in [5.74, 6) is 0.361. The van der Waals surface area contributed by atoms with Gasteiger partial charge in [0.1, 0.15) is 5.75 Å². The van der Waals surface area contributed by atoms with Crippen molar-refractivity contribution in [3.8, 4) is 5.75 Å². The van der Waals surface area contributed by atoms with Gasteiger partial charge < -0.3 is 15.4 Å². The molecule has 5 heteroatoms. The molecule has 146 valence electrons. The van der Waals surface area contributed by atoms with Crippen LogP contribution < -0.4 is 15.4 Å². The van der Waals surface area contributed by atoms with E-state index in [1.165, 1.54) is 19.3 Å². The van der Waals surface area contributed by atoms with Gasteiger partial charge in [0.15, 0.2) is 0 Å². The standard InChI is InChI=1S/C23H26N2O3/c26-22(24-17-6-1-2-7-17)16-12-14-18(15-13-16)25-23(27)20-10-3-4-11-21(20)28-19-8-5-9-19/h3-4,10-15,17,19H,1-2,5-9H2,(H,24,26)(H,25,27). The number of anilines is 1. The van der Waals surface area contributed by atoms with Gasteiger partial charge in [-0.25, -0.2) is 0 Å². The van der Waals surface area contributed by atoms with Gasteiger partial charge in [-0.15, -0.1) is 0 Å². The van der Waals surface area contributed by atoms with Crippen molar-refractivity contribution in [1.82, 2.24) is 5.32 Å². The average molecular weight is 378 g/mol. The number of nitrogens with one attached hydrogen (secondary N) is 2. The van der Waals surface area contributed by atoms with Crippen LogP contribution in [0.2, 0.25) is 0 Å². The molecule has 0 aliphatic heterocycles. The van der Waals surface area contributed by atoms with Crippen LogP contribution >= 0.6 is 0 Å². The van der Waals surface area contributed by atoms with Crippen molar-refractivity contribution >= 4 is 17.5 Å². The maximum atomic E-state index is 12.7. The van der Waals surface area contributed by atoms with E-state index in [1.807, 2.05) is 18.2 Å². The van der Waals surface area contributed by atoms with Crippen LogP contribution in [0.25, 0.3) is 0 Å². The van der Waals surface area contributed by atoms with Crippen LogP contribution in [0.5, 0.6) is 5.75 Å². The Hall–Kier alpha value is -2.82. The molecule has 0 bridgehead atoms. The molecule has 2 fully saturated rings. The van der Waals surface area contributed by atoms with E-state index in [1.54, 1.807) is 30.3 Å². The molecule has 0 aromatic heterocycles. The van der Waals surface area contributed by atoms with Crippen molar-refractivity contribution in [1.29, 1.82) is 0 Å². The quantitative estimate of drug-likeness (QED) is 0.775. The summed E-state index contributed by atoms with van der Waals surface area (Å²) in [6.45, 7) is 0. The molecule has 0 spiro atoms. The highest BCUT2D eigenvalue weighted by molar-refractivity contribution is 6.06. The van der Waals surface area contributed by atoms with Crippen LogP contribution in [0.3, 0.4) is 0 Å². The van der Waals surface area contributed by atoms with Crippen molar-refractivity contribution < 1.29 is 14.3 Å². The van der Waals surface area contributed by atoms with Gasteiger partial charge in [-0.1, -0.05) is 25.0 Å². The van der Waals surface area contributed by atoms with Gasteiger partial charge in [-0.2, -0.15) is 0 Å². The number of amides is 2. The zero-order valence-electron chi connectivity index (χ0n) is 15.9. The number of hydrogen-bond donors (Lipinski definition) is 2. The second-order valence-corrected chi connectivity index (χ2v) is 7.65. The van der Waals surface area contributed by atoms with E-state index in [2.05, 4.69) is 10.6 Å². The highest BCUT2D eigenvalue weighted by Gasteiger charge is 2.22. The fourth-order valence-corrected chi connectivity index (χ4v) is 3.67. The van der Waals surface area contributed by atoms with Gasteiger partial charge in [0.2, 0.25) is 0 Å². The summed E-state index contributed by atoms with van der Waals surface area (Å²) in [4.78, 5) is 25.0. The van der Waals surface area contributed by atoms with Crippen LogP contribution in [0.15, 0.2) is 48.5 Å². The van der Waals surface area contributed by atoms with Gasteiger partial charge in [0.25, 0.3) is 11.8 Å². The fraction of sp³-hybridized carbons (Fsp3) is 0.391. The van der Waals surface area contributed by atoms with Gasteiger partial charge >= 0.3 is 0 Å². The number of hydrogen-bond acceptors (Lipinski definition) is 3. The fourth-order valence-electron chi connectivity index (χ4n) is 3.67. The van der Waals surface area contributed by atoms with E-state index in [-0.39, 0.29) is 17.9 Å². The maximum absolute atomic E-state index is 12.7. The number of benzene rings is 2. The molecular weight excluding hydrogens is 352 g/mol. The lowest BCUT2D eigenvalue weighted by molar-refractivity contribution is 0.0936. The van der Waals surface area contributed by atoms with Crippen LogP contribution in [-0.2, 0) is 0 Å². The average Bonchev–Trinajstić information content (AvgIpc) is 3.18. The molecule has 2 aromatic rings. The van der Waals surface area contributed by atoms with E-state index >= 15 is 0 Å². The topological polar surface area (TPSA) is 67.4 Å². The summed E-state index contributed by atoms with van der Waals surface area (Å²) in [7, 11) is 0. The Morgan fingerprint density at radius 2 is 1.54 bits per heavy atom. The second-order valence-electron chi connectivity index (χ2n) is 7.65. The van der Waals surface area contributed by atoms with E-state index in [9.17, 15) is 9.59 Å². The van der Waals surface area contributed by atoms with Gasteiger partial charge in [0.05, 0.1) is 11.7 Å². The predicted molar refractivity (Wildman–Crippen MR) is 109 cm³/mol. The zero-order valence-corrected chi connectivity index (χ0v) is 15.9. The van der Waals surface area contributed by atoms with Gasteiger partial charge in [0, 0.05) is 17.3 Å². The molecule has 0 radical (unpaired) electrons. The van der Waals surface area contributed by atoms with E-state index in [0.717, 1.165) is 25.7 Å². The lowest BCUT2D eigenvalue weighted by Crippen LogP contribution is -2.32. The van der Waals surface area contributed by atoms with Crippen molar-refractivity contribution in [2.75, 3.05) is 5.32 Å². The third-order valence-corrected chi connectivity index (χ3v) is 5.57. The minimum absolute atomic E-state index is 0.0518. The molecular formula is C23H26N2O3. The normalized spacial score (nSPS) is 17.0. The summed E-state index contributed by atoms with van der Waals surface area (Å²) >= 11 is 0. The lowest BCUT2D eigenvalue weighted by Gasteiger charge is -2.27. The molecule has 2 N–H and O–H groups in total. The minimum Gasteiger partial charge on any atom is -0.490 e. The van der Waals surface area contributed by atoms with Crippen LogP contribution in [0.1, 0.15) is 65.7 Å². The number of carbonyl (C=O) groups is 2. The van der Waals surface area contributed by atoms with Gasteiger partial charge in [-0.3, -0.25) is 9.59 Å². The third kappa shape index (κ3) is 4.35. The molecule has 4 rings (SSSR count). The second kappa shape index (κ2) is 8.46. The Balaban J connectivity index is 1.38. The molecule has 2 aromatic carbocycles. The molecule has 2 saturated carbocycles. The number of carbonyl (C=O) groups excluding carboxylic acids is 2. The van der Waals surface area contributed by atoms with Crippen LogP contribution in [-0.4, -0.2) is 24.0 Å². The van der Waals surface area contributed by atoms with E-state index in [0.29, 0.717) is 28.6 Å². The summed E-state index contributed by atoms with van der Waals surface area (Å²) in [6, 6.07) is 14.6. The largest absolute Gasteiger partial charge is 0.490 e. The van der Waals surface area contributed by atoms with Crippen LogP contribution in [0.4, 0.5) is 5.69 Å². The summed E-state index contributed by atoms with van der Waals surface area (Å²) in [6.07, 6.45) is 7.96. The van der Waals surface area contributed by atoms with Crippen molar-refractivity contribution in [2.24, 2.45) is 0 Å². The third-order valence-electron chi connectivity index (χ3n) is 5.57. The SMILES string of the molecule is O=C(NC1CCCC1)c1ccc(NC(=O)c2ccccc2OC2CCC2)cc1.